The molecule has 1 amide bonds. The van der Waals surface area contributed by atoms with Gasteiger partial charge < -0.3 is 28.8 Å². The third-order valence-electron chi connectivity index (χ3n) is 8.99. The molecule has 0 saturated heterocycles. The van der Waals surface area contributed by atoms with E-state index in [1.807, 2.05) is 27.2 Å². The van der Waals surface area contributed by atoms with Crippen molar-refractivity contribution in [3.05, 3.63) is 48.6 Å². The number of carbonyl (C=O) groups excluding carboxylic acids is 1. The minimum Gasteiger partial charge on any atom is -0.756 e. The second-order valence-corrected chi connectivity index (χ2v) is 16.7. The number of aliphatic hydroxyl groups is 1. The molecule has 52 heavy (non-hydrogen) atoms. The maximum absolute atomic E-state index is 12.8. The fraction of sp³-hybridized carbons (Fsp3) is 0.791. The monoisotopic (exact) mass is 753 g/mol. The van der Waals surface area contributed by atoms with Crippen LogP contribution in [0.1, 0.15) is 168 Å². The van der Waals surface area contributed by atoms with Gasteiger partial charge >= 0.3 is 0 Å². The fourth-order valence-corrected chi connectivity index (χ4v) is 6.30. The van der Waals surface area contributed by atoms with Crippen LogP contribution < -0.4 is 10.2 Å². The highest BCUT2D eigenvalue weighted by atomic mass is 31.2. The van der Waals surface area contributed by atoms with Crippen LogP contribution in [0.4, 0.5) is 0 Å². The molecule has 0 saturated carbocycles. The van der Waals surface area contributed by atoms with Crippen molar-refractivity contribution in [3.8, 4) is 0 Å². The topological polar surface area (TPSA) is 108 Å². The van der Waals surface area contributed by atoms with E-state index >= 15 is 0 Å². The molecule has 0 radical (unpaired) electrons. The summed E-state index contributed by atoms with van der Waals surface area (Å²) >= 11 is 0. The number of aliphatic hydroxyl groups excluding tert-OH is 1. The van der Waals surface area contributed by atoms with Gasteiger partial charge in [-0.15, -0.1) is 0 Å². The van der Waals surface area contributed by atoms with E-state index in [1.54, 1.807) is 6.08 Å². The first-order valence-electron chi connectivity index (χ1n) is 21.0. The number of phosphoric ester groups is 1. The normalized spacial score (nSPS) is 15.0. The summed E-state index contributed by atoms with van der Waals surface area (Å²) in [5.41, 5.74) is 0. The number of unbranched alkanes of at least 4 members (excludes halogenated alkanes) is 18. The molecule has 0 aliphatic rings. The Kier molecular flexibility index (Phi) is 34.1. The van der Waals surface area contributed by atoms with Crippen LogP contribution in [-0.2, 0) is 18.4 Å². The Bertz CT molecular complexity index is 991. The summed E-state index contributed by atoms with van der Waals surface area (Å²) in [6.07, 6.45) is 43.0. The molecule has 3 unspecified atom stereocenters. The van der Waals surface area contributed by atoms with Gasteiger partial charge in [0, 0.05) is 6.42 Å². The lowest BCUT2D eigenvalue weighted by atomic mass is 10.1. The van der Waals surface area contributed by atoms with Gasteiger partial charge in [0.05, 0.1) is 39.9 Å². The summed E-state index contributed by atoms with van der Waals surface area (Å²) in [6, 6.07) is -0.910. The molecule has 0 spiro atoms. The Morgan fingerprint density at radius 1 is 0.654 bits per heavy atom. The van der Waals surface area contributed by atoms with E-state index in [0.29, 0.717) is 17.4 Å². The van der Waals surface area contributed by atoms with Crippen LogP contribution in [0.5, 0.6) is 0 Å². The number of quaternary nitrogens is 1. The van der Waals surface area contributed by atoms with Crippen molar-refractivity contribution in [1.29, 1.82) is 0 Å². The van der Waals surface area contributed by atoms with Gasteiger partial charge in [-0.3, -0.25) is 9.36 Å². The number of likely N-dealkylation sites (N-methyl/N-ethyl adjacent to an activating group) is 1. The van der Waals surface area contributed by atoms with Crippen LogP contribution in [0.2, 0.25) is 0 Å². The smallest absolute Gasteiger partial charge is 0.268 e. The molecule has 2 N–H and O–H groups in total. The number of hydrogen-bond acceptors (Lipinski definition) is 6. The maximum Gasteiger partial charge on any atom is 0.268 e. The number of hydrogen-bond donors (Lipinski definition) is 2. The summed E-state index contributed by atoms with van der Waals surface area (Å²) in [4.78, 5) is 25.2. The first-order chi connectivity index (χ1) is 25.0. The number of amides is 1. The lowest BCUT2D eigenvalue weighted by Gasteiger charge is -2.29. The first-order valence-corrected chi connectivity index (χ1v) is 22.5. The van der Waals surface area contributed by atoms with Gasteiger partial charge in [0.25, 0.3) is 7.82 Å². The van der Waals surface area contributed by atoms with Crippen molar-refractivity contribution >= 4 is 13.7 Å². The molecule has 304 valence electrons. The highest BCUT2D eigenvalue weighted by Gasteiger charge is 2.23. The Balaban J connectivity index is 4.48. The third-order valence-corrected chi connectivity index (χ3v) is 9.95. The standard InChI is InChI=1S/C43H81N2O6P/c1-6-8-10-12-14-16-18-20-21-22-23-24-25-27-29-31-33-35-37-43(47)44-41(40-51-52(48,49)50-39-38-45(3,4)5)42(46)36-34-32-30-28-26-19-17-15-13-11-9-7-2/h13,15,21-22,26,28,34,36,41-42,46H,6-12,14,16-20,23-25,27,29-33,35,37-40H2,1-5H3,(H-,44,47,48,49)/b15-13+,22-21-,28-26+,36-34+. The highest BCUT2D eigenvalue weighted by molar-refractivity contribution is 7.45. The van der Waals surface area contributed by atoms with E-state index in [-0.39, 0.29) is 12.5 Å². The van der Waals surface area contributed by atoms with Gasteiger partial charge in [0.15, 0.2) is 0 Å². The molecule has 0 bridgehead atoms. The fourth-order valence-electron chi connectivity index (χ4n) is 5.57. The molecule has 8 nitrogen and oxygen atoms in total. The number of rotatable bonds is 37. The van der Waals surface area contributed by atoms with Gasteiger partial charge in [-0.05, 0) is 64.2 Å². The molecule has 0 aliphatic carbocycles. The number of allylic oxidation sites excluding steroid dienone is 7. The Morgan fingerprint density at radius 2 is 1.10 bits per heavy atom. The summed E-state index contributed by atoms with van der Waals surface area (Å²) in [6.45, 7) is 4.54. The number of nitrogens with zero attached hydrogens (tertiary/aromatic N) is 1. The maximum atomic E-state index is 12.8. The van der Waals surface area contributed by atoms with Crippen molar-refractivity contribution in [1.82, 2.24) is 5.32 Å². The Labute approximate surface area is 320 Å². The number of phosphoric acid groups is 1. The van der Waals surface area contributed by atoms with Crippen LogP contribution in [0.15, 0.2) is 48.6 Å². The van der Waals surface area contributed by atoms with Crippen molar-refractivity contribution in [3.63, 3.8) is 0 Å². The largest absolute Gasteiger partial charge is 0.756 e. The molecular weight excluding hydrogens is 671 g/mol. The second kappa shape index (κ2) is 35.2. The first kappa shape index (κ1) is 50.5. The van der Waals surface area contributed by atoms with Crippen molar-refractivity contribution in [2.75, 3.05) is 40.9 Å². The van der Waals surface area contributed by atoms with E-state index in [4.69, 9.17) is 9.05 Å². The van der Waals surface area contributed by atoms with E-state index in [1.165, 1.54) is 96.3 Å². The summed E-state index contributed by atoms with van der Waals surface area (Å²) in [5, 5.41) is 13.7. The minimum atomic E-state index is -4.59. The predicted octanol–water partition coefficient (Wildman–Crippen LogP) is 10.7. The minimum absolute atomic E-state index is 0.0111. The summed E-state index contributed by atoms with van der Waals surface area (Å²) < 4.78 is 23.1. The molecule has 0 heterocycles. The zero-order chi connectivity index (χ0) is 38.6. The van der Waals surface area contributed by atoms with Crippen molar-refractivity contribution in [2.24, 2.45) is 0 Å². The SMILES string of the molecule is CCCC/C=C/CC/C=C/CC/C=C/C(O)C(COP(=O)([O-])OCC[N+](C)(C)C)NC(=O)CCCCCCCCC/C=C\CCCCCCCCC. The average Bonchev–Trinajstić information content (AvgIpc) is 3.09. The molecule has 0 aromatic carbocycles. The van der Waals surface area contributed by atoms with Gasteiger partial charge in [-0.1, -0.05) is 146 Å². The molecule has 0 fully saturated rings. The lowest BCUT2D eigenvalue weighted by Crippen LogP contribution is -2.45. The van der Waals surface area contributed by atoms with Crippen LogP contribution >= 0.6 is 7.82 Å². The van der Waals surface area contributed by atoms with E-state index in [2.05, 4.69) is 55.6 Å². The van der Waals surface area contributed by atoms with Crippen molar-refractivity contribution in [2.45, 2.75) is 180 Å². The van der Waals surface area contributed by atoms with E-state index in [0.717, 1.165) is 51.4 Å². The summed E-state index contributed by atoms with van der Waals surface area (Å²) in [5.74, 6) is -0.220. The van der Waals surface area contributed by atoms with Gasteiger partial charge in [-0.2, -0.15) is 0 Å². The zero-order valence-electron chi connectivity index (χ0n) is 34.2. The Morgan fingerprint density at radius 3 is 1.62 bits per heavy atom. The molecular formula is C43H81N2O6P. The van der Waals surface area contributed by atoms with E-state index < -0.39 is 26.6 Å². The third kappa shape index (κ3) is 36.8. The van der Waals surface area contributed by atoms with Crippen molar-refractivity contribution < 1.29 is 32.9 Å². The van der Waals surface area contributed by atoms with Crippen LogP contribution in [0.3, 0.4) is 0 Å². The van der Waals surface area contributed by atoms with Gasteiger partial charge in [0.1, 0.15) is 13.2 Å². The molecule has 0 rings (SSSR count). The lowest BCUT2D eigenvalue weighted by molar-refractivity contribution is -0.870. The number of carbonyl (C=O) groups is 1. The Hall–Kier alpha value is -1.54. The van der Waals surface area contributed by atoms with Gasteiger partial charge in [0.2, 0.25) is 5.91 Å². The predicted molar refractivity (Wildman–Crippen MR) is 219 cm³/mol. The van der Waals surface area contributed by atoms with Crippen LogP contribution in [-0.4, -0.2) is 68.5 Å². The van der Waals surface area contributed by atoms with Crippen LogP contribution in [0.25, 0.3) is 0 Å². The molecule has 0 aromatic rings. The summed E-state index contributed by atoms with van der Waals surface area (Å²) in [7, 11) is 1.22. The molecule has 3 atom stereocenters. The molecule has 0 aromatic heterocycles. The number of nitrogens with one attached hydrogen (secondary N) is 1. The second-order valence-electron chi connectivity index (χ2n) is 15.3. The molecule has 0 aliphatic heterocycles. The van der Waals surface area contributed by atoms with Crippen LogP contribution in [0, 0.1) is 0 Å². The quantitative estimate of drug-likeness (QED) is 0.0283. The highest BCUT2D eigenvalue weighted by Crippen LogP contribution is 2.38. The van der Waals surface area contributed by atoms with Gasteiger partial charge in [-0.25, -0.2) is 0 Å². The zero-order valence-corrected chi connectivity index (χ0v) is 35.1. The molecule has 9 heteroatoms. The van der Waals surface area contributed by atoms with E-state index in [9.17, 15) is 19.4 Å². The average molecular weight is 753 g/mol.